The van der Waals surface area contributed by atoms with Gasteiger partial charge in [0.25, 0.3) is 0 Å². The third-order valence-electron chi connectivity index (χ3n) is 2.82. The summed E-state index contributed by atoms with van der Waals surface area (Å²) in [5.74, 6) is 0.0334. The van der Waals surface area contributed by atoms with Crippen molar-refractivity contribution in [2.75, 3.05) is 5.32 Å². The average Bonchev–Trinajstić information content (AvgIpc) is 2.40. The van der Waals surface area contributed by atoms with Crippen LogP contribution in [0.15, 0.2) is 42.7 Å². The van der Waals surface area contributed by atoms with Crippen LogP contribution in [0.25, 0.3) is 11.1 Å². The predicted octanol–water partition coefficient (Wildman–Crippen LogP) is 3.41. The number of carbonyl (C=O) groups excluding carboxylic acids is 1. The predicted molar refractivity (Wildman–Crippen MR) is 73.3 cm³/mol. The van der Waals surface area contributed by atoms with Gasteiger partial charge in [0.05, 0.1) is 0 Å². The van der Waals surface area contributed by atoms with Gasteiger partial charge in [0.2, 0.25) is 5.91 Å². The van der Waals surface area contributed by atoms with E-state index in [1.54, 1.807) is 12.4 Å². The van der Waals surface area contributed by atoms with Crippen LogP contribution in [-0.2, 0) is 4.79 Å². The van der Waals surface area contributed by atoms with Crippen molar-refractivity contribution in [3.05, 3.63) is 48.3 Å². The Balaban J connectivity index is 2.28. The van der Waals surface area contributed by atoms with Crippen LogP contribution in [0.3, 0.4) is 0 Å². The maximum Gasteiger partial charge on any atom is 0.224 e. The fraction of sp³-hybridized carbons (Fsp3) is 0.200. The molecule has 0 aliphatic carbocycles. The molecule has 0 bridgehead atoms. The summed E-state index contributed by atoms with van der Waals surface area (Å²) in [6, 6.07) is 9.90. The summed E-state index contributed by atoms with van der Waals surface area (Å²) in [6.07, 6.45) is 4.05. The van der Waals surface area contributed by atoms with Crippen LogP contribution in [0.1, 0.15) is 18.9 Å². The number of anilines is 1. The minimum absolute atomic E-state index is 0.0334. The number of nitrogens with zero attached hydrogens (tertiary/aromatic N) is 1. The van der Waals surface area contributed by atoms with Crippen molar-refractivity contribution in [2.45, 2.75) is 20.3 Å². The van der Waals surface area contributed by atoms with E-state index in [0.29, 0.717) is 6.42 Å². The highest BCUT2D eigenvalue weighted by molar-refractivity contribution is 5.91. The molecule has 1 heterocycles. The van der Waals surface area contributed by atoms with Crippen LogP contribution in [0, 0.1) is 6.92 Å². The Bertz CT molecular complexity index is 550. The van der Waals surface area contributed by atoms with Gasteiger partial charge in [-0.05, 0) is 47.9 Å². The molecule has 3 nitrogen and oxygen atoms in total. The van der Waals surface area contributed by atoms with Gasteiger partial charge in [-0.25, -0.2) is 0 Å². The van der Waals surface area contributed by atoms with Crippen LogP contribution < -0.4 is 5.32 Å². The Hall–Kier alpha value is -2.16. The standard InChI is InChI=1S/C15H16N2O/c1-3-15(18)17-13-4-5-14(11(2)10-13)12-6-8-16-9-7-12/h4-10H,3H2,1-2H3,(H,17,18). The van der Waals surface area contributed by atoms with Crippen LogP contribution in [-0.4, -0.2) is 10.9 Å². The Labute approximate surface area is 107 Å². The number of pyridine rings is 1. The van der Waals surface area contributed by atoms with Crippen molar-refractivity contribution >= 4 is 11.6 Å². The van der Waals surface area contributed by atoms with Crippen molar-refractivity contribution in [3.63, 3.8) is 0 Å². The zero-order valence-corrected chi connectivity index (χ0v) is 10.6. The molecule has 0 aliphatic heterocycles. The third-order valence-corrected chi connectivity index (χ3v) is 2.82. The Morgan fingerprint density at radius 1 is 1.22 bits per heavy atom. The molecular formula is C15H16N2O. The second-order valence-corrected chi connectivity index (χ2v) is 4.17. The van der Waals surface area contributed by atoms with E-state index in [9.17, 15) is 4.79 Å². The minimum Gasteiger partial charge on any atom is -0.326 e. The van der Waals surface area contributed by atoms with Crippen molar-refractivity contribution < 1.29 is 4.79 Å². The van der Waals surface area contributed by atoms with Gasteiger partial charge in [0.1, 0.15) is 0 Å². The molecule has 0 unspecified atom stereocenters. The molecule has 1 N–H and O–H groups in total. The second-order valence-electron chi connectivity index (χ2n) is 4.17. The topological polar surface area (TPSA) is 42.0 Å². The number of rotatable bonds is 3. The van der Waals surface area contributed by atoms with Crippen molar-refractivity contribution in [1.82, 2.24) is 4.98 Å². The molecule has 0 radical (unpaired) electrons. The number of aryl methyl sites for hydroxylation is 1. The molecule has 18 heavy (non-hydrogen) atoms. The molecule has 0 atom stereocenters. The van der Waals surface area contributed by atoms with Crippen molar-refractivity contribution in [2.24, 2.45) is 0 Å². The van der Waals surface area contributed by atoms with E-state index in [2.05, 4.69) is 10.3 Å². The number of hydrogen-bond acceptors (Lipinski definition) is 2. The van der Waals surface area contributed by atoms with Gasteiger partial charge in [-0.15, -0.1) is 0 Å². The number of nitrogens with one attached hydrogen (secondary N) is 1. The highest BCUT2D eigenvalue weighted by Crippen LogP contribution is 2.25. The van der Waals surface area contributed by atoms with E-state index >= 15 is 0 Å². The van der Waals surface area contributed by atoms with Gasteiger partial charge in [0.15, 0.2) is 0 Å². The van der Waals surface area contributed by atoms with E-state index < -0.39 is 0 Å². The lowest BCUT2D eigenvalue weighted by Gasteiger charge is -2.09. The van der Waals surface area contributed by atoms with Gasteiger partial charge in [-0.2, -0.15) is 0 Å². The van der Waals surface area contributed by atoms with Gasteiger partial charge in [-0.3, -0.25) is 9.78 Å². The fourth-order valence-corrected chi connectivity index (χ4v) is 1.85. The largest absolute Gasteiger partial charge is 0.326 e. The number of carbonyl (C=O) groups is 1. The lowest BCUT2D eigenvalue weighted by Crippen LogP contribution is -2.09. The summed E-state index contributed by atoms with van der Waals surface area (Å²) in [6.45, 7) is 3.88. The monoisotopic (exact) mass is 240 g/mol. The van der Waals surface area contributed by atoms with Crippen molar-refractivity contribution in [3.8, 4) is 11.1 Å². The number of benzene rings is 1. The molecule has 0 saturated carbocycles. The molecule has 3 heteroatoms. The molecule has 2 aromatic rings. The minimum atomic E-state index is 0.0334. The Kier molecular flexibility index (Phi) is 3.72. The molecule has 0 saturated heterocycles. The second kappa shape index (κ2) is 5.45. The van der Waals surface area contributed by atoms with Crippen LogP contribution in [0.4, 0.5) is 5.69 Å². The number of amides is 1. The summed E-state index contributed by atoms with van der Waals surface area (Å²) < 4.78 is 0. The number of hydrogen-bond donors (Lipinski definition) is 1. The normalized spacial score (nSPS) is 10.1. The first-order chi connectivity index (χ1) is 8.70. The van der Waals surface area contributed by atoms with E-state index in [-0.39, 0.29) is 5.91 Å². The molecule has 0 spiro atoms. The zero-order valence-electron chi connectivity index (χ0n) is 10.6. The third kappa shape index (κ3) is 2.74. The lowest BCUT2D eigenvalue weighted by molar-refractivity contribution is -0.115. The first-order valence-electron chi connectivity index (χ1n) is 6.01. The molecule has 2 rings (SSSR count). The number of aromatic nitrogens is 1. The van der Waals surface area contributed by atoms with Gasteiger partial charge in [0, 0.05) is 24.5 Å². The lowest BCUT2D eigenvalue weighted by atomic mass is 10.0. The Morgan fingerprint density at radius 2 is 1.94 bits per heavy atom. The maximum atomic E-state index is 11.3. The summed E-state index contributed by atoms with van der Waals surface area (Å²) in [4.78, 5) is 15.3. The smallest absolute Gasteiger partial charge is 0.224 e. The van der Waals surface area contributed by atoms with E-state index in [1.807, 2.05) is 44.2 Å². The molecule has 1 aromatic heterocycles. The van der Waals surface area contributed by atoms with E-state index in [4.69, 9.17) is 0 Å². The zero-order chi connectivity index (χ0) is 13.0. The molecule has 1 amide bonds. The van der Waals surface area contributed by atoms with Gasteiger partial charge in [-0.1, -0.05) is 13.0 Å². The average molecular weight is 240 g/mol. The quantitative estimate of drug-likeness (QED) is 0.893. The Morgan fingerprint density at radius 3 is 2.56 bits per heavy atom. The van der Waals surface area contributed by atoms with Crippen LogP contribution in [0.5, 0.6) is 0 Å². The summed E-state index contributed by atoms with van der Waals surface area (Å²) in [5, 5.41) is 2.86. The van der Waals surface area contributed by atoms with Crippen molar-refractivity contribution in [1.29, 1.82) is 0 Å². The summed E-state index contributed by atoms with van der Waals surface area (Å²) in [5.41, 5.74) is 4.27. The molecule has 1 aromatic carbocycles. The summed E-state index contributed by atoms with van der Waals surface area (Å²) >= 11 is 0. The van der Waals surface area contributed by atoms with Crippen LogP contribution >= 0.6 is 0 Å². The molecule has 0 aliphatic rings. The van der Waals surface area contributed by atoms with Gasteiger partial charge >= 0.3 is 0 Å². The van der Waals surface area contributed by atoms with E-state index in [1.165, 1.54) is 0 Å². The molecular weight excluding hydrogens is 224 g/mol. The van der Waals surface area contributed by atoms with E-state index in [0.717, 1.165) is 22.4 Å². The molecule has 0 fully saturated rings. The maximum absolute atomic E-state index is 11.3. The summed E-state index contributed by atoms with van der Waals surface area (Å²) in [7, 11) is 0. The van der Waals surface area contributed by atoms with Gasteiger partial charge < -0.3 is 5.32 Å². The SMILES string of the molecule is CCC(=O)Nc1ccc(-c2ccncc2)c(C)c1. The van der Waals surface area contributed by atoms with Crippen LogP contribution in [0.2, 0.25) is 0 Å². The first kappa shape index (κ1) is 12.3. The fourth-order valence-electron chi connectivity index (χ4n) is 1.85. The first-order valence-corrected chi connectivity index (χ1v) is 6.01. The highest BCUT2D eigenvalue weighted by Gasteiger charge is 2.04. The highest BCUT2D eigenvalue weighted by atomic mass is 16.1. The molecule has 92 valence electrons.